The van der Waals surface area contributed by atoms with E-state index in [4.69, 9.17) is 9.72 Å². The minimum atomic E-state index is -0.327. The fourth-order valence-corrected chi connectivity index (χ4v) is 4.36. The van der Waals surface area contributed by atoms with E-state index >= 15 is 0 Å². The minimum Gasteiger partial charge on any atom is -0.494 e. The summed E-state index contributed by atoms with van der Waals surface area (Å²) in [5, 5.41) is 0. The molecule has 0 atom stereocenters. The van der Waals surface area contributed by atoms with Crippen LogP contribution in [0.15, 0.2) is 85.1 Å². The highest BCUT2D eigenvalue weighted by Crippen LogP contribution is 2.23. The van der Waals surface area contributed by atoms with Crippen LogP contribution in [0.2, 0.25) is 0 Å². The lowest BCUT2D eigenvalue weighted by Gasteiger charge is -2.24. The van der Waals surface area contributed by atoms with Crippen molar-refractivity contribution < 1.29 is 9.13 Å². The number of hydrogen-bond acceptors (Lipinski definition) is 3. The molecule has 0 aliphatic carbocycles. The van der Waals surface area contributed by atoms with Gasteiger partial charge in [0.1, 0.15) is 5.82 Å². The number of aromatic nitrogens is 2. The van der Waals surface area contributed by atoms with E-state index in [1.54, 1.807) is 12.1 Å². The molecule has 0 bridgehead atoms. The van der Waals surface area contributed by atoms with E-state index in [1.807, 2.05) is 24.4 Å². The molecule has 182 valence electrons. The van der Waals surface area contributed by atoms with Crippen LogP contribution in [0.5, 0.6) is 5.75 Å². The Bertz CT molecular complexity index is 1190. The molecule has 0 aliphatic rings. The van der Waals surface area contributed by atoms with Crippen LogP contribution in [-0.4, -0.2) is 28.1 Å². The van der Waals surface area contributed by atoms with Gasteiger partial charge in [0.25, 0.3) is 0 Å². The Hall–Kier alpha value is -3.44. The average molecular weight is 472 g/mol. The second-order valence-electron chi connectivity index (χ2n) is 8.86. The molecule has 4 rings (SSSR count). The van der Waals surface area contributed by atoms with Gasteiger partial charge in [0.2, 0.25) is 0 Å². The van der Waals surface area contributed by atoms with Gasteiger partial charge < -0.3 is 9.30 Å². The highest BCUT2D eigenvalue weighted by molar-refractivity contribution is 5.55. The van der Waals surface area contributed by atoms with E-state index in [2.05, 4.69) is 64.9 Å². The number of nitrogens with zero attached hydrogens (tertiary/aromatic N) is 3. The number of methoxy groups -OCH3 is 1. The Morgan fingerprint density at radius 3 is 2.34 bits per heavy atom. The van der Waals surface area contributed by atoms with Gasteiger partial charge in [-0.3, -0.25) is 4.90 Å². The van der Waals surface area contributed by atoms with Crippen molar-refractivity contribution in [3.8, 4) is 17.1 Å². The topological polar surface area (TPSA) is 30.3 Å². The number of benzene rings is 3. The highest BCUT2D eigenvalue weighted by atomic mass is 19.1. The number of hydrogen-bond donors (Lipinski definition) is 0. The molecule has 0 aliphatic heterocycles. The molecule has 0 fully saturated rings. The van der Waals surface area contributed by atoms with Gasteiger partial charge in [0.15, 0.2) is 11.6 Å². The van der Waals surface area contributed by atoms with Crippen molar-refractivity contribution in [1.29, 1.82) is 0 Å². The van der Waals surface area contributed by atoms with E-state index in [-0.39, 0.29) is 11.6 Å². The Labute approximate surface area is 208 Å². The van der Waals surface area contributed by atoms with Gasteiger partial charge >= 0.3 is 0 Å². The molecule has 4 aromatic rings. The molecule has 0 N–H and O–H groups in total. The van der Waals surface area contributed by atoms with E-state index in [1.165, 1.54) is 18.4 Å². The first-order valence-corrected chi connectivity index (χ1v) is 12.4. The summed E-state index contributed by atoms with van der Waals surface area (Å²) in [5.74, 6) is 0.953. The predicted octanol–water partition coefficient (Wildman–Crippen LogP) is 6.74. The van der Waals surface area contributed by atoms with Gasteiger partial charge in [-0.2, -0.15) is 0 Å². The van der Waals surface area contributed by atoms with Crippen molar-refractivity contribution in [2.24, 2.45) is 0 Å². The summed E-state index contributed by atoms with van der Waals surface area (Å²) in [5.41, 5.74) is 4.53. The molecule has 0 spiro atoms. The number of halogens is 1. The van der Waals surface area contributed by atoms with Gasteiger partial charge in [0.05, 0.1) is 19.0 Å². The van der Waals surface area contributed by atoms with Crippen LogP contribution >= 0.6 is 0 Å². The van der Waals surface area contributed by atoms with Gasteiger partial charge in [-0.1, -0.05) is 80.1 Å². The fraction of sp³-hybridized carbons (Fsp3) is 0.300. The third-order valence-electron chi connectivity index (χ3n) is 6.27. The summed E-state index contributed by atoms with van der Waals surface area (Å²) >= 11 is 0. The molecule has 0 radical (unpaired) electrons. The third kappa shape index (κ3) is 6.58. The average Bonchev–Trinajstić information content (AvgIpc) is 3.29. The van der Waals surface area contributed by atoms with Gasteiger partial charge in [0, 0.05) is 31.7 Å². The lowest BCUT2D eigenvalue weighted by molar-refractivity contribution is 0.252. The number of imidazole rings is 1. The van der Waals surface area contributed by atoms with Crippen LogP contribution in [0.3, 0.4) is 0 Å². The zero-order valence-corrected chi connectivity index (χ0v) is 20.7. The molecule has 1 heterocycles. The largest absolute Gasteiger partial charge is 0.494 e. The molecule has 4 nitrogen and oxygen atoms in total. The van der Waals surface area contributed by atoms with Crippen LogP contribution in [0.1, 0.15) is 36.6 Å². The number of rotatable bonds is 12. The van der Waals surface area contributed by atoms with Crippen molar-refractivity contribution in [3.63, 3.8) is 0 Å². The monoisotopic (exact) mass is 471 g/mol. The zero-order chi connectivity index (χ0) is 24.5. The van der Waals surface area contributed by atoms with E-state index in [9.17, 15) is 4.39 Å². The molecule has 0 saturated heterocycles. The second kappa shape index (κ2) is 12.3. The molecule has 0 unspecified atom stereocenters. The third-order valence-corrected chi connectivity index (χ3v) is 6.27. The molecule has 35 heavy (non-hydrogen) atoms. The summed E-state index contributed by atoms with van der Waals surface area (Å²) < 4.78 is 21.9. The van der Waals surface area contributed by atoms with Crippen molar-refractivity contribution in [2.45, 2.75) is 45.8 Å². The van der Waals surface area contributed by atoms with Gasteiger partial charge in [-0.25, -0.2) is 9.37 Å². The maximum atomic E-state index is 14.4. The summed E-state index contributed by atoms with van der Waals surface area (Å²) in [6, 6.07) is 26.1. The minimum absolute atomic E-state index is 0.273. The van der Waals surface area contributed by atoms with Crippen molar-refractivity contribution >= 4 is 0 Å². The van der Waals surface area contributed by atoms with E-state index in [0.717, 1.165) is 55.8 Å². The summed E-state index contributed by atoms with van der Waals surface area (Å²) in [6.45, 7) is 5.39. The molecule has 3 aromatic carbocycles. The first kappa shape index (κ1) is 24.7. The van der Waals surface area contributed by atoms with Crippen molar-refractivity contribution in [2.75, 3.05) is 13.7 Å². The molecule has 5 heteroatoms. The Morgan fingerprint density at radius 1 is 0.914 bits per heavy atom. The van der Waals surface area contributed by atoms with Gasteiger partial charge in [-0.15, -0.1) is 0 Å². The van der Waals surface area contributed by atoms with Crippen LogP contribution in [-0.2, 0) is 26.1 Å². The van der Waals surface area contributed by atoms with E-state index in [0.29, 0.717) is 6.54 Å². The predicted molar refractivity (Wildman–Crippen MR) is 140 cm³/mol. The number of ether oxygens (including phenoxy) is 1. The molecule has 0 saturated carbocycles. The van der Waals surface area contributed by atoms with E-state index < -0.39 is 0 Å². The van der Waals surface area contributed by atoms with Crippen LogP contribution in [0, 0.1) is 5.82 Å². The Morgan fingerprint density at radius 2 is 1.66 bits per heavy atom. The SMILES string of the molecule is CCCCn1c(CN(CCc2ccccc2)Cc2ccc(OC)c(F)c2)cnc1-c1ccccc1. The normalized spacial score (nSPS) is 11.2. The fourth-order valence-electron chi connectivity index (χ4n) is 4.36. The molecule has 1 aromatic heterocycles. The molecular formula is C30H34FN3O. The zero-order valence-electron chi connectivity index (χ0n) is 20.7. The Balaban J connectivity index is 1.60. The summed E-state index contributed by atoms with van der Waals surface area (Å²) in [7, 11) is 1.49. The smallest absolute Gasteiger partial charge is 0.165 e. The van der Waals surface area contributed by atoms with Crippen molar-refractivity contribution in [3.05, 3.63) is 108 Å². The lowest BCUT2D eigenvalue weighted by Crippen LogP contribution is -2.27. The Kier molecular flexibility index (Phi) is 8.68. The van der Waals surface area contributed by atoms with Crippen LogP contribution < -0.4 is 4.74 Å². The maximum absolute atomic E-state index is 14.4. The molecular weight excluding hydrogens is 437 g/mol. The second-order valence-corrected chi connectivity index (χ2v) is 8.86. The van der Waals surface area contributed by atoms with Crippen LogP contribution in [0.25, 0.3) is 11.4 Å². The first-order chi connectivity index (χ1) is 17.2. The summed E-state index contributed by atoms with van der Waals surface area (Å²) in [6.07, 6.45) is 5.14. The standard InChI is InChI=1S/C30H34FN3O/c1-3-4-18-34-27(21-32-30(34)26-13-9-6-10-14-26)23-33(19-17-24-11-7-5-8-12-24)22-25-15-16-29(35-2)28(31)20-25/h5-16,20-21H,3-4,17-19,22-23H2,1-2H3. The molecule has 0 amide bonds. The highest BCUT2D eigenvalue weighted by Gasteiger charge is 2.16. The maximum Gasteiger partial charge on any atom is 0.165 e. The first-order valence-electron chi connectivity index (χ1n) is 12.4. The van der Waals surface area contributed by atoms with Gasteiger partial charge in [-0.05, 0) is 36.1 Å². The van der Waals surface area contributed by atoms with Crippen molar-refractivity contribution in [1.82, 2.24) is 14.5 Å². The number of unbranched alkanes of at least 4 members (excludes halogenated alkanes) is 1. The van der Waals surface area contributed by atoms with Crippen LogP contribution in [0.4, 0.5) is 4.39 Å². The lowest BCUT2D eigenvalue weighted by atomic mass is 10.1. The summed E-state index contributed by atoms with van der Waals surface area (Å²) in [4.78, 5) is 7.19. The quantitative estimate of drug-likeness (QED) is 0.229.